The molecular weight excluding hydrogens is 805 g/mol. The summed E-state index contributed by atoms with van der Waals surface area (Å²) in [5.74, 6) is 1.44. The molecular formula is C62H56N2O2. The fraction of sp³-hybridized carbons (Fsp3) is 0.194. The van der Waals surface area contributed by atoms with E-state index in [4.69, 9.17) is 8.83 Å². The summed E-state index contributed by atoms with van der Waals surface area (Å²) in [6.45, 7) is 18.2. The summed E-state index contributed by atoms with van der Waals surface area (Å²) in [5, 5.41) is 8.93. The number of fused-ring (bicyclic) bond motifs is 9. The summed E-state index contributed by atoms with van der Waals surface area (Å²) in [7, 11) is 0. The van der Waals surface area contributed by atoms with Gasteiger partial charge in [-0.05, 0) is 152 Å². The first-order chi connectivity index (χ1) is 32.0. The summed E-state index contributed by atoms with van der Waals surface area (Å²) >= 11 is 0. The zero-order valence-electron chi connectivity index (χ0n) is 39.2. The van der Waals surface area contributed by atoms with Crippen LogP contribution in [0.15, 0.2) is 179 Å². The molecule has 0 bridgehead atoms. The van der Waals surface area contributed by atoms with E-state index < -0.39 is 0 Å². The molecule has 0 aliphatic carbocycles. The summed E-state index contributed by atoms with van der Waals surface area (Å²) < 4.78 is 13.5. The van der Waals surface area contributed by atoms with Crippen LogP contribution in [0.3, 0.4) is 0 Å². The van der Waals surface area contributed by atoms with Gasteiger partial charge in [0.15, 0.2) is 0 Å². The Morgan fingerprint density at radius 1 is 0.303 bits per heavy atom. The van der Waals surface area contributed by atoms with Gasteiger partial charge in [0.25, 0.3) is 0 Å². The lowest BCUT2D eigenvalue weighted by molar-refractivity contribution is 0.663. The largest absolute Gasteiger partial charge is 0.456 e. The zero-order valence-corrected chi connectivity index (χ0v) is 39.2. The number of hydrogen-bond donors (Lipinski definition) is 0. The Balaban J connectivity index is 1.06. The Labute approximate surface area is 387 Å². The van der Waals surface area contributed by atoms with E-state index in [0.29, 0.717) is 23.7 Å². The third kappa shape index (κ3) is 6.90. The zero-order chi connectivity index (χ0) is 45.4. The first-order valence-electron chi connectivity index (χ1n) is 23.7. The maximum atomic E-state index is 6.76. The molecule has 2 aromatic heterocycles. The van der Waals surface area contributed by atoms with Gasteiger partial charge in [-0.3, -0.25) is 0 Å². The molecule has 0 unspecified atom stereocenters. The van der Waals surface area contributed by atoms with Crippen molar-refractivity contribution in [2.45, 2.75) is 79.1 Å². The highest BCUT2D eigenvalue weighted by molar-refractivity contribution is 6.28. The Bertz CT molecular complexity index is 3300. The van der Waals surface area contributed by atoms with E-state index in [-0.39, 0.29) is 0 Å². The van der Waals surface area contributed by atoms with Crippen LogP contribution in [0.4, 0.5) is 34.1 Å². The quantitative estimate of drug-likeness (QED) is 0.137. The van der Waals surface area contributed by atoms with Gasteiger partial charge < -0.3 is 18.6 Å². The van der Waals surface area contributed by atoms with Gasteiger partial charge >= 0.3 is 0 Å². The van der Waals surface area contributed by atoms with Crippen molar-refractivity contribution in [2.24, 2.45) is 0 Å². The highest BCUT2D eigenvalue weighted by Gasteiger charge is 2.24. The van der Waals surface area contributed by atoms with E-state index in [1.807, 2.05) is 0 Å². The lowest BCUT2D eigenvalue weighted by Crippen LogP contribution is -2.15. The number of hydrogen-bond acceptors (Lipinski definition) is 4. The van der Waals surface area contributed by atoms with Gasteiger partial charge in [-0.1, -0.05) is 140 Å². The van der Waals surface area contributed by atoms with Crippen molar-refractivity contribution in [1.29, 1.82) is 0 Å². The summed E-state index contributed by atoms with van der Waals surface area (Å²) in [4.78, 5) is 4.90. The monoisotopic (exact) mass is 860 g/mol. The van der Waals surface area contributed by atoms with Crippen LogP contribution in [0.2, 0.25) is 0 Å². The number of furan rings is 2. The predicted octanol–water partition coefficient (Wildman–Crippen LogP) is 19.2. The van der Waals surface area contributed by atoms with E-state index in [1.165, 1.54) is 45.0 Å². The summed E-state index contributed by atoms with van der Waals surface area (Å²) in [6, 6.07) is 62.2. The molecule has 0 atom stereocenters. The van der Waals surface area contributed by atoms with Gasteiger partial charge in [0.1, 0.15) is 22.3 Å². The number of anilines is 6. The topological polar surface area (TPSA) is 32.8 Å². The number of benzene rings is 9. The van der Waals surface area contributed by atoms with Crippen molar-refractivity contribution >= 4 is 99.5 Å². The van der Waals surface area contributed by atoms with E-state index in [0.717, 1.165) is 76.8 Å². The van der Waals surface area contributed by atoms with Crippen molar-refractivity contribution in [2.75, 3.05) is 9.80 Å². The number of rotatable bonds is 10. The smallest absolute Gasteiger partial charge is 0.136 e. The maximum Gasteiger partial charge on any atom is 0.136 e. The fourth-order valence-electron chi connectivity index (χ4n) is 10.4. The van der Waals surface area contributed by atoms with Gasteiger partial charge in [-0.2, -0.15) is 0 Å². The number of nitrogens with zero attached hydrogens (tertiary/aromatic N) is 2. The Hall–Kier alpha value is -7.30. The molecule has 66 heavy (non-hydrogen) atoms. The molecule has 11 aromatic rings. The minimum atomic E-state index is 0.359. The Morgan fingerprint density at radius 2 is 0.621 bits per heavy atom. The molecule has 4 nitrogen and oxygen atoms in total. The lowest BCUT2D eigenvalue weighted by atomic mass is 9.96. The van der Waals surface area contributed by atoms with E-state index in [1.54, 1.807) is 0 Å². The summed E-state index contributed by atoms with van der Waals surface area (Å²) in [5.41, 5.74) is 15.7. The van der Waals surface area contributed by atoms with Gasteiger partial charge in [0.2, 0.25) is 0 Å². The molecule has 0 aliphatic rings. The third-order valence-electron chi connectivity index (χ3n) is 13.7. The van der Waals surface area contributed by atoms with Gasteiger partial charge in [-0.25, -0.2) is 0 Å². The average Bonchev–Trinajstić information content (AvgIpc) is 3.87. The van der Waals surface area contributed by atoms with Gasteiger partial charge in [0.05, 0.1) is 0 Å². The lowest BCUT2D eigenvalue weighted by Gasteiger charge is -2.31. The van der Waals surface area contributed by atoms with Crippen molar-refractivity contribution in [3.63, 3.8) is 0 Å². The normalized spacial score (nSPS) is 12.2. The van der Waals surface area contributed by atoms with E-state index >= 15 is 0 Å². The average molecular weight is 861 g/mol. The second-order valence-corrected chi connectivity index (χ2v) is 19.3. The standard InChI is InChI=1S/C62H56N2O2/c1-37(2)47-17-9-13-21-53(47)63(54-22-14-10-18-48(54)38(3)4)45-27-25-41-33-51-59(35-43(41)31-45)65-57-29-30-58-62(61(51)57)52-34-42-26-28-46(32-44(42)36-60(52)66-58)64(55-23-15-11-19-49(55)39(5)6)56-24-16-12-20-50(56)40(7)8/h9-40H,1-8H3. The molecule has 4 heteroatoms. The molecule has 2 heterocycles. The molecule has 326 valence electrons. The van der Waals surface area contributed by atoms with Crippen LogP contribution in [-0.2, 0) is 0 Å². The Kier molecular flexibility index (Phi) is 10.2. The highest BCUT2D eigenvalue weighted by atomic mass is 16.3. The molecule has 0 saturated carbocycles. The predicted molar refractivity (Wildman–Crippen MR) is 282 cm³/mol. The van der Waals surface area contributed by atoms with Crippen LogP contribution in [0.25, 0.3) is 65.4 Å². The van der Waals surface area contributed by atoms with Crippen LogP contribution >= 0.6 is 0 Å². The minimum absolute atomic E-state index is 0.359. The van der Waals surface area contributed by atoms with E-state index in [9.17, 15) is 0 Å². The molecule has 0 radical (unpaired) electrons. The van der Waals surface area contributed by atoms with E-state index in [2.05, 4.69) is 235 Å². The minimum Gasteiger partial charge on any atom is -0.456 e. The van der Waals surface area contributed by atoms with Crippen molar-refractivity contribution in [1.82, 2.24) is 0 Å². The van der Waals surface area contributed by atoms with Gasteiger partial charge in [-0.15, -0.1) is 0 Å². The first kappa shape index (κ1) is 41.4. The van der Waals surface area contributed by atoms with Crippen LogP contribution in [0, 0.1) is 0 Å². The second kappa shape index (κ2) is 16.3. The molecule has 0 fully saturated rings. The van der Waals surface area contributed by atoms with Crippen molar-refractivity contribution < 1.29 is 8.83 Å². The second-order valence-electron chi connectivity index (χ2n) is 19.3. The van der Waals surface area contributed by atoms with Crippen LogP contribution in [0.5, 0.6) is 0 Å². The molecule has 0 aliphatic heterocycles. The molecule has 0 N–H and O–H groups in total. The fourth-order valence-corrected chi connectivity index (χ4v) is 10.4. The SMILES string of the molecule is CC(C)c1ccccc1N(c1ccc2cc3c(cc2c1)oc1ccc2oc4cc5cc(N(c6ccccc6C(C)C)c6ccccc6C(C)C)ccc5cc4c2c13)c1ccccc1C(C)C. The highest BCUT2D eigenvalue weighted by Crippen LogP contribution is 2.47. The molecule has 9 aromatic carbocycles. The maximum absolute atomic E-state index is 6.76. The molecule has 0 amide bonds. The molecule has 0 spiro atoms. The first-order valence-corrected chi connectivity index (χ1v) is 23.7. The molecule has 11 rings (SSSR count). The van der Waals surface area contributed by atoms with Crippen molar-refractivity contribution in [3.05, 3.63) is 192 Å². The number of para-hydroxylation sites is 4. The van der Waals surface area contributed by atoms with Crippen molar-refractivity contribution in [3.8, 4) is 0 Å². The Morgan fingerprint density at radius 3 is 0.939 bits per heavy atom. The van der Waals surface area contributed by atoms with Crippen LogP contribution in [0.1, 0.15) is 101 Å². The molecule has 0 saturated heterocycles. The van der Waals surface area contributed by atoms with Crippen LogP contribution in [-0.4, -0.2) is 0 Å². The van der Waals surface area contributed by atoms with Crippen LogP contribution < -0.4 is 9.80 Å². The van der Waals surface area contributed by atoms with Gasteiger partial charge in [0, 0.05) is 55.7 Å². The summed E-state index contributed by atoms with van der Waals surface area (Å²) in [6.07, 6.45) is 0. The third-order valence-corrected chi connectivity index (χ3v) is 13.7.